The van der Waals surface area contributed by atoms with Crippen molar-refractivity contribution in [3.8, 4) is 5.75 Å². The number of phenols is 1. The lowest BCUT2D eigenvalue weighted by atomic mass is 10.1. The molecular weight excluding hydrogens is 290 g/mol. The van der Waals surface area contributed by atoms with Crippen molar-refractivity contribution in [2.24, 2.45) is 5.92 Å². The van der Waals surface area contributed by atoms with Crippen LogP contribution in [0.4, 0.5) is 0 Å². The molecule has 116 valence electrons. The van der Waals surface area contributed by atoms with Crippen molar-refractivity contribution in [1.29, 1.82) is 0 Å². The summed E-state index contributed by atoms with van der Waals surface area (Å²) in [7, 11) is 1.95. The average molecular weight is 312 g/mol. The summed E-state index contributed by atoms with van der Waals surface area (Å²) >= 11 is 6.01. The number of Topliss-reactive ketones (excluding diaryl/α,β-unsaturated/α-hetero) is 1. The van der Waals surface area contributed by atoms with E-state index in [1.807, 2.05) is 11.9 Å². The zero-order valence-electron chi connectivity index (χ0n) is 12.6. The number of rotatable bonds is 8. The fourth-order valence-electron chi connectivity index (χ4n) is 2.17. The van der Waals surface area contributed by atoms with Gasteiger partial charge in [-0.2, -0.15) is 0 Å². The number of carbonyl (C=O) groups is 1. The molecule has 0 atom stereocenters. The van der Waals surface area contributed by atoms with Gasteiger partial charge in [0, 0.05) is 30.3 Å². The van der Waals surface area contributed by atoms with Gasteiger partial charge in [0.25, 0.3) is 0 Å². The lowest BCUT2D eigenvalue weighted by Crippen LogP contribution is -2.23. The third-order valence-electron chi connectivity index (χ3n) is 3.64. The van der Waals surface area contributed by atoms with Gasteiger partial charge in [-0.1, -0.05) is 11.6 Å². The second-order valence-corrected chi connectivity index (χ2v) is 6.21. The second-order valence-electron chi connectivity index (χ2n) is 5.77. The second kappa shape index (κ2) is 7.25. The summed E-state index contributed by atoms with van der Waals surface area (Å²) in [5.74, 6) is 0.606. The number of carbonyl (C=O) groups excluding carboxylic acids is 1. The van der Waals surface area contributed by atoms with Crippen LogP contribution in [0.15, 0.2) is 12.1 Å². The number of hydrogen-bond donors (Lipinski definition) is 1. The van der Waals surface area contributed by atoms with Crippen LogP contribution in [0.1, 0.15) is 35.7 Å². The topological polar surface area (TPSA) is 49.8 Å². The van der Waals surface area contributed by atoms with E-state index in [1.165, 1.54) is 25.8 Å². The molecule has 1 aromatic carbocycles. The minimum Gasteiger partial charge on any atom is -0.507 e. The molecule has 0 amide bonds. The molecular formula is C16H22ClNO3. The van der Waals surface area contributed by atoms with Gasteiger partial charge in [0.1, 0.15) is 5.75 Å². The largest absolute Gasteiger partial charge is 0.507 e. The number of hydrogen-bond acceptors (Lipinski definition) is 4. The van der Waals surface area contributed by atoms with Gasteiger partial charge in [-0.3, -0.25) is 9.69 Å². The molecule has 1 N–H and O–H groups in total. The first kappa shape index (κ1) is 16.3. The van der Waals surface area contributed by atoms with Crippen LogP contribution in [0.5, 0.6) is 5.75 Å². The molecule has 0 unspecified atom stereocenters. The Bertz CT molecular complexity index is 514. The van der Waals surface area contributed by atoms with E-state index in [0.717, 1.165) is 19.1 Å². The lowest BCUT2D eigenvalue weighted by Gasteiger charge is -2.18. The quantitative estimate of drug-likeness (QED) is 0.592. The van der Waals surface area contributed by atoms with Crippen LogP contribution in [0.3, 0.4) is 0 Å². The maximum atomic E-state index is 11.5. The fraction of sp³-hybridized carbons (Fsp3) is 0.562. The summed E-state index contributed by atoms with van der Waals surface area (Å²) in [6.45, 7) is 4.25. The summed E-state index contributed by atoms with van der Waals surface area (Å²) in [5.41, 5.74) is 0.938. The maximum Gasteiger partial charge on any atom is 0.163 e. The van der Waals surface area contributed by atoms with E-state index in [9.17, 15) is 9.90 Å². The molecule has 4 nitrogen and oxygen atoms in total. The van der Waals surface area contributed by atoms with Gasteiger partial charge in [0.15, 0.2) is 5.78 Å². The normalized spacial score (nSPS) is 14.7. The Morgan fingerprint density at radius 2 is 2.19 bits per heavy atom. The lowest BCUT2D eigenvalue weighted by molar-refractivity contribution is 0.100. The van der Waals surface area contributed by atoms with Crippen LogP contribution >= 0.6 is 11.6 Å². The zero-order valence-corrected chi connectivity index (χ0v) is 13.3. The van der Waals surface area contributed by atoms with E-state index in [0.29, 0.717) is 23.7 Å². The summed E-state index contributed by atoms with van der Waals surface area (Å²) in [6, 6.07) is 3.20. The van der Waals surface area contributed by atoms with Crippen molar-refractivity contribution >= 4 is 17.4 Å². The Morgan fingerprint density at radius 1 is 1.48 bits per heavy atom. The molecule has 1 saturated carbocycles. The molecule has 21 heavy (non-hydrogen) atoms. The van der Waals surface area contributed by atoms with E-state index in [2.05, 4.69) is 0 Å². The van der Waals surface area contributed by atoms with E-state index in [4.69, 9.17) is 16.3 Å². The molecule has 0 radical (unpaired) electrons. The molecule has 1 aliphatic carbocycles. The molecule has 1 aromatic rings. The summed E-state index contributed by atoms with van der Waals surface area (Å²) < 4.78 is 5.60. The van der Waals surface area contributed by atoms with E-state index in [-0.39, 0.29) is 17.1 Å². The number of ketones is 1. The third-order valence-corrected chi connectivity index (χ3v) is 3.86. The third kappa shape index (κ3) is 4.99. The van der Waals surface area contributed by atoms with Gasteiger partial charge >= 0.3 is 0 Å². The minimum absolute atomic E-state index is 0.0256. The van der Waals surface area contributed by atoms with Gasteiger partial charge in [0.05, 0.1) is 12.2 Å². The van der Waals surface area contributed by atoms with E-state index < -0.39 is 0 Å². The number of halogens is 1. The molecule has 0 bridgehead atoms. The number of benzene rings is 1. The monoisotopic (exact) mass is 311 g/mol. The number of likely N-dealkylation sites (N-methyl/N-ethyl adjacent to an activating group) is 1. The Kier molecular flexibility index (Phi) is 5.62. The Balaban J connectivity index is 1.89. The number of ether oxygens (including phenoxy) is 1. The van der Waals surface area contributed by atoms with Gasteiger partial charge in [-0.05, 0) is 44.9 Å². The first-order valence-electron chi connectivity index (χ1n) is 7.26. The first-order chi connectivity index (χ1) is 9.97. The predicted octanol–water partition coefficient (Wildman–Crippen LogP) is 3.11. The van der Waals surface area contributed by atoms with Crippen LogP contribution < -0.4 is 0 Å². The van der Waals surface area contributed by atoms with Crippen LogP contribution in [0.2, 0.25) is 5.02 Å². The Hall–Kier alpha value is -1.10. The highest BCUT2D eigenvalue weighted by Crippen LogP contribution is 2.29. The summed E-state index contributed by atoms with van der Waals surface area (Å²) in [6.07, 6.45) is 2.58. The highest BCUT2D eigenvalue weighted by Gasteiger charge is 2.21. The van der Waals surface area contributed by atoms with Crippen LogP contribution in [-0.2, 0) is 11.3 Å². The molecule has 1 aliphatic rings. The Morgan fingerprint density at radius 3 is 2.81 bits per heavy atom. The van der Waals surface area contributed by atoms with Crippen LogP contribution in [0.25, 0.3) is 0 Å². The minimum atomic E-state index is -0.188. The molecule has 0 aliphatic heterocycles. The molecule has 0 spiro atoms. The average Bonchev–Trinajstić information content (AvgIpc) is 3.22. The SMILES string of the molecule is CC(=O)c1cc(Cl)cc(CN(C)CCOCC2CC2)c1O. The molecule has 0 heterocycles. The first-order valence-corrected chi connectivity index (χ1v) is 7.63. The highest BCUT2D eigenvalue weighted by molar-refractivity contribution is 6.31. The number of nitrogens with zero attached hydrogens (tertiary/aromatic N) is 1. The maximum absolute atomic E-state index is 11.5. The smallest absolute Gasteiger partial charge is 0.163 e. The van der Waals surface area contributed by atoms with Crippen molar-refractivity contribution in [3.63, 3.8) is 0 Å². The van der Waals surface area contributed by atoms with Gasteiger partial charge in [0.2, 0.25) is 0 Å². The summed E-state index contributed by atoms with van der Waals surface area (Å²) in [4.78, 5) is 13.5. The van der Waals surface area contributed by atoms with Gasteiger partial charge in [-0.15, -0.1) is 0 Å². The zero-order chi connectivity index (χ0) is 15.4. The van der Waals surface area contributed by atoms with Crippen molar-refractivity contribution in [1.82, 2.24) is 4.90 Å². The van der Waals surface area contributed by atoms with E-state index in [1.54, 1.807) is 6.07 Å². The fourth-order valence-corrected chi connectivity index (χ4v) is 2.41. The molecule has 1 fully saturated rings. The Labute approximate surface area is 130 Å². The predicted molar refractivity (Wildman–Crippen MR) is 83.0 cm³/mol. The van der Waals surface area contributed by atoms with Crippen molar-refractivity contribution in [2.45, 2.75) is 26.3 Å². The number of phenolic OH excluding ortho intramolecular Hbond substituents is 1. The van der Waals surface area contributed by atoms with Crippen molar-refractivity contribution in [2.75, 3.05) is 26.8 Å². The standard InChI is InChI=1S/C16H22ClNO3/c1-11(19)15-8-14(17)7-13(16(15)20)9-18(2)5-6-21-10-12-3-4-12/h7-8,12,20H,3-6,9-10H2,1-2H3. The molecule has 0 aromatic heterocycles. The highest BCUT2D eigenvalue weighted by atomic mass is 35.5. The molecule has 0 saturated heterocycles. The van der Waals surface area contributed by atoms with Gasteiger partial charge < -0.3 is 9.84 Å². The molecule has 2 rings (SSSR count). The molecule has 5 heteroatoms. The van der Waals surface area contributed by atoms with Gasteiger partial charge in [-0.25, -0.2) is 0 Å². The summed E-state index contributed by atoms with van der Waals surface area (Å²) in [5, 5.41) is 10.6. The van der Waals surface area contributed by atoms with Crippen LogP contribution in [-0.4, -0.2) is 42.6 Å². The van der Waals surface area contributed by atoms with Crippen LogP contribution in [0, 0.1) is 5.92 Å². The number of aromatic hydroxyl groups is 1. The van der Waals surface area contributed by atoms with Crippen molar-refractivity contribution in [3.05, 3.63) is 28.3 Å². The van der Waals surface area contributed by atoms with E-state index >= 15 is 0 Å². The van der Waals surface area contributed by atoms with Crippen molar-refractivity contribution < 1.29 is 14.6 Å².